The monoisotopic (exact) mass is 1090 g/mol. The van der Waals surface area contributed by atoms with Gasteiger partial charge in [-0.2, -0.15) is 0 Å². The maximum atomic E-state index is 12.7. The summed E-state index contributed by atoms with van der Waals surface area (Å²) in [6.07, 6.45) is 15.8. The molecular formula is C56H60Cl2N16O4. The number of amides is 2. The molecule has 1 saturated carbocycles. The van der Waals surface area contributed by atoms with Gasteiger partial charge in [-0.1, -0.05) is 57.7 Å². The van der Waals surface area contributed by atoms with E-state index in [-0.39, 0.29) is 29.9 Å². The number of fused-ring (bicyclic) bond motifs is 4. The lowest BCUT2D eigenvalue weighted by atomic mass is 9.90. The molecule has 3 aliphatic carbocycles. The van der Waals surface area contributed by atoms with Crippen LogP contribution in [0.15, 0.2) is 108 Å². The summed E-state index contributed by atoms with van der Waals surface area (Å²) in [7, 11) is 3.76. The third kappa shape index (κ3) is 11.3. The van der Waals surface area contributed by atoms with Crippen molar-refractivity contribution in [3.63, 3.8) is 0 Å². The first kappa shape index (κ1) is 53.7. The molecule has 6 aromatic rings. The molecule has 0 N–H and O–H groups in total. The van der Waals surface area contributed by atoms with E-state index in [1.807, 2.05) is 124 Å². The highest BCUT2D eigenvalue weighted by atomic mass is 35.5. The van der Waals surface area contributed by atoms with Crippen molar-refractivity contribution in [2.45, 2.75) is 75.9 Å². The Balaban J connectivity index is 0.000000176. The molecule has 2 aromatic carbocycles. The molecular weight excluding hydrogens is 1030 g/mol. The van der Waals surface area contributed by atoms with Gasteiger partial charge in [0, 0.05) is 111 Å². The van der Waals surface area contributed by atoms with Crippen LogP contribution in [0.5, 0.6) is 0 Å². The number of piperazine rings is 2. The molecule has 0 spiro atoms. The standard InChI is InChI=1S/C28H29ClN8O2.C28H31ClN8O2/c1-28(7-8-28)39-27(38)37-12-10-36(11-13-37)26-20-6-5-19(29)15-21(20)22(14-18-4-3-9-32-24(18)26)25(33-34-30)23-16-31-17-35(23)2;1-28(2,3)39-27(38)37-12-10-36(11-13-37)26-20-8-7-19(29)15-21(20)22(14-18-6-5-9-32-24(18)26)25(33-34-30)23-16-31-17-35(23)4/h3-6,9,14-17,25-26H,7-8,10-13H2,1-2H3;5-9,14-17,25-26H,10-13H2,1-4H3/t2*25?,26-/m00/s1. The number of rotatable bonds is 9. The SMILES string of the molecule is Cn1cncc1C(N=[N+]=[N-])C1=Cc2cccnc2[C@@H](N2CCN(C(=O)OC(C)(C)C)CC2)c2ccc(Cl)cc21.Cn1cncc1C(N=[N+]=[N-])C1=Cc2cccnc2[C@@H](N2CCN(C(=O)OC3(C)CC3)CC2)c2ccc(Cl)cc21. The first-order valence-corrected chi connectivity index (χ1v) is 26.7. The molecule has 78 heavy (non-hydrogen) atoms. The number of halogens is 2. The van der Waals surface area contributed by atoms with Crippen LogP contribution in [0.4, 0.5) is 9.59 Å². The van der Waals surface area contributed by atoms with Crippen molar-refractivity contribution in [1.82, 2.24) is 48.7 Å². The molecule has 2 unspecified atom stereocenters. The van der Waals surface area contributed by atoms with Crippen LogP contribution in [-0.2, 0) is 23.6 Å². The molecule has 0 bridgehead atoms. The molecule has 5 aliphatic rings. The zero-order valence-corrected chi connectivity index (χ0v) is 45.8. The molecule has 11 rings (SSSR count). The Kier molecular flexibility index (Phi) is 15.4. The summed E-state index contributed by atoms with van der Waals surface area (Å²) < 4.78 is 15.0. The number of azide groups is 2. The van der Waals surface area contributed by atoms with Crippen molar-refractivity contribution < 1.29 is 19.1 Å². The number of nitrogens with zero attached hydrogens (tertiary/aromatic N) is 16. The van der Waals surface area contributed by atoms with E-state index < -0.39 is 17.7 Å². The average Bonchev–Trinajstić information content (AvgIpc) is 4.09. The van der Waals surface area contributed by atoms with Gasteiger partial charge < -0.3 is 28.4 Å². The van der Waals surface area contributed by atoms with Crippen molar-refractivity contribution in [3.05, 3.63) is 185 Å². The molecule has 6 heterocycles. The van der Waals surface area contributed by atoms with Crippen LogP contribution in [0.25, 0.3) is 44.2 Å². The van der Waals surface area contributed by atoms with Crippen LogP contribution < -0.4 is 0 Å². The Morgan fingerprint density at radius 1 is 0.679 bits per heavy atom. The Hall–Kier alpha value is -7.70. The van der Waals surface area contributed by atoms with E-state index in [2.05, 4.69) is 39.8 Å². The Morgan fingerprint density at radius 3 is 1.50 bits per heavy atom. The number of aromatic nitrogens is 6. The summed E-state index contributed by atoms with van der Waals surface area (Å²) in [5.41, 5.74) is 28.9. The Bertz CT molecular complexity index is 3190. The highest BCUT2D eigenvalue weighted by Crippen LogP contribution is 2.48. The molecule has 2 amide bonds. The van der Waals surface area contributed by atoms with E-state index in [4.69, 9.17) is 42.6 Å². The molecule has 22 heteroatoms. The van der Waals surface area contributed by atoms with Gasteiger partial charge in [0.05, 0.1) is 47.5 Å². The fourth-order valence-electron chi connectivity index (χ4n) is 10.7. The second kappa shape index (κ2) is 22.3. The smallest absolute Gasteiger partial charge is 0.410 e. The highest BCUT2D eigenvalue weighted by Gasteiger charge is 2.44. The highest BCUT2D eigenvalue weighted by molar-refractivity contribution is 6.31. The van der Waals surface area contributed by atoms with Crippen molar-refractivity contribution in [3.8, 4) is 0 Å². The lowest BCUT2D eigenvalue weighted by molar-refractivity contribution is 0.0117. The third-order valence-electron chi connectivity index (χ3n) is 14.9. The van der Waals surface area contributed by atoms with E-state index in [1.54, 1.807) is 47.2 Å². The van der Waals surface area contributed by atoms with Gasteiger partial charge in [0.15, 0.2) is 0 Å². The van der Waals surface area contributed by atoms with Crippen molar-refractivity contribution in [2.24, 2.45) is 24.3 Å². The molecule has 0 radical (unpaired) electrons. The van der Waals surface area contributed by atoms with Crippen molar-refractivity contribution in [2.75, 3.05) is 52.4 Å². The van der Waals surface area contributed by atoms with Gasteiger partial charge in [0.2, 0.25) is 0 Å². The number of benzene rings is 2. The van der Waals surface area contributed by atoms with E-state index in [0.29, 0.717) is 62.4 Å². The van der Waals surface area contributed by atoms with Gasteiger partial charge in [-0.25, -0.2) is 19.6 Å². The zero-order chi connectivity index (χ0) is 54.9. The summed E-state index contributed by atoms with van der Waals surface area (Å²) in [5, 5.41) is 9.58. The molecule has 2 saturated heterocycles. The van der Waals surface area contributed by atoms with Gasteiger partial charge in [-0.15, -0.1) is 0 Å². The largest absolute Gasteiger partial charge is 0.444 e. The third-order valence-corrected chi connectivity index (χ3v) is 15.3. The minimum absolute atomic E-state index is 0.181. The predicted molar refractivity (Wildman–Crippen MR) is 298 cm³/mol. The molecule has 2 aliphatic heterocycles. The van der Waals surface area contributed by atoms with Gasteiger partial charge in [0.1, 0.15) is 23.3 Å². The first-order chi connectivity index (χ1) is 37.5. The molecule has 402 valence electrons. The lowest BCUT2D eigenvalue weighted by Gasteiger charge is -2.40. The van der Waals surface area contributed by atoms with Gasteiger partial charge in [-0.3, -0.25) is 19.8 Å². The predicted octanol–water partition coefficient (Wildman–Crippen LogP) is 11.8. The van der Waals surface area contributed by atoms with Gasteiger partial charge in [-0.05, 0) is 145 Å². The van der Waals surface area contributed by atoms with Crippen LogP contribution in [-0.4, -0.2) is 124 Å². The number of hydrogen-bond acceptors (Lipinski definition) is 12. The normalized spacial score (nSPS) is 19.4. The zero-order valence-electron chi connectivity index (χ0n) is 44.3. The number of hydrogen-bond donors (Lipinski definition) is 0. The number of aryl methyl sites for hydroxylation is 2. The van der Waals surface area contributed by atoms with E-state index in [1.165, 1.54) is 0 Å². The lowest BCUT2D eigenvalue weighted by Crippen LogP contribution is -2.51. The maximum Gasteiger partial charge on any atom is 0.410 e. The quantitative estimate of drug-likeness (QED) is 0.0756. The summed E-state index contributed by atoms with van der Waals surface area (Å²) in [5.74, 6) is 0. The summed E-state index contributed by atoms with van der Waals surface area (Å²) >= 11 is 13.1. The average molecular weight is 1090 g/mol. The minimum Gasteiger partial charge on any atom is -0.444 e. The molecule has 4 aromatic heterocycles. The topological polar surface area (TPSA) is 225 Å². The van der Waals surface area contributed by atoms with E-state index in [0.717, 1.165) is 80.1 Å². The Morgan fingerprint density at radius 2 is 1.12 bits per heavy atom. The summed E-state index contributed by atoms with van der Waals surface area (Å²) in [4.78, 5) is 58.3. The number of carbonyl (C=O) groups is 2. The van der Waals surface area contributed by atoms with Crippen molar-refractivity contribution >= 4 is 58.7 Å². The number of imidazole rings is 2. The van der Waals surface area contributed by atoms with Crippen LogP contribution in [0.3, 0.4) is 0 Å². The van der Waals surface area contributed by atoms with Crippen LogP contribution in [0, 0.1) is 0 Å². The molecule has 20 nitrogen and oxygen atoms in total. The first-order valence-electron chi connectivity index (χ1n) is 25.9. The number of carbonyl (C=O) groups excluding carboxylic acids is 2. The summed E-state index contributed by atoms with van der Waals surface area (Å²) in [6.45, 7) is 12.4. The Labute approximate surface area is 462 Å². The molecule has 4 atom stereocenters. The fraction of sp³-hybridized carbons (Fsp3) is 0.393. The fourth-order valence-corrected chi connectivity index (χ4v) is 11.0. The second-order valence-corrected chi connectivity index (χ2v) is 22.2. The van der Waals surface area contributed by atoms with Crippen molar-refractivity contribution in [1.29, 1.82) is 0 Å². The van der Waals surface area contributed by atoms with Gasteiger partial charge in [0.25, 0.3) is 0 Å². The van der Waals surface area contributed by atoms with Crippen LogP contribution in [0.1, 0.15) is 121 Å². The van der Waals surface area contributed by atoms with Crippen LogP contribution in [0.2, 0.25) is 10.0 Å². The number of ether oxygens (including phenoxy) is 2. The molecule has 3 fully saturated rings. The van der Waals surface area contributed by atoms with Gasteiger partial charge >= 0.3 is 12.2 Å². The minimum atomic E-state index is -0.629. The summed E-state index contributed by atoms with van der Waals surface area (Å²) in [6, 6.07) is 17.9. The second-order valence-electron chi connectivity index (χ2n) is 21.3. The van der Waals surface area contributed by atoms with Crippen LogP contribution >= 0.6 is 23.2 Å². The number of pyridine rings is 2. The van der Waals surface area contributed by atoms with E-state index >= 15 is 0 Å². The maximum absolute atomic E-state index is 12.7. The van der Waals surface area contributed by atoms with E-state index in [9.17, 15) is 20.7 Å².